The molecule has 0 fully saturated rings. The van der Waals surface area contributed by atoms with Gasteiger partial charge in [0.05, 0.1) is 19.4 Å². The van der Waals surface area contributed by atoms with Crippen LogP contribution in [-0.2, 0) is 20.7 Å². The first-order chi connectivity index (χ1) is 10.8. The van der Waals surface area contributed by atoms with Gasteiger partial charge >= 0.3 is 5.97 Å². The first-order valence-corrected chi connectivity index (χ1v) is 11.3. The van der Waals surface area contributed by atoms with Crippen LogP contribution in [0.25, 0.3) is 0 Å². The molecule has 4 nitrogen and oxygen atoms in total. The molecular weight excluding hydrogens is 306 g/mol. The van der Waals surface area contributed by atoms with Crippen LogP contribution in [0.5, 0.6) is 0 Å². The van der Waals surface area contributed by atoms with Gasteiger partial charge in [-0.1, -0.05) is 55.9 Å². The Hall–Kier alpha value is -2.06. The molecule has 0 saturated heterocycles. The average molecular weight is 331 g/mol. The summed E-state index contributed by atoms with van der Waals surface area (Å²) in [6.07, 6.45) is 0.348. The number of carbonyl (C=O) groups excluding carboxylic acids is 2. The van der Waals surface area contributed by atoms with E-state index in [4.69, 9.17) is 4.74 Å². The van der Waals surface area contributed by atoms with Crippen LogP contribution >= 0.6 is 0 Å². The Labute approximate surface area is 139 Å². The lowest BCUT2D eigenvalue weighted by Crippen LogP contribution is -2.37. The maximum Gasteiger partial charge on any atom is 0.308 e. The summed E-state index contributed by atoms with van der Waals surface area (Å²) in [6, 6.07) is 8.98. The maximum absolute atomic E-state index is 12.2. The summed E-state index contributed by atoms with van der Waals surface area (Å²) in [6.45, 7) is 8.44. The van der Waals surface area contributed by atoms with Crippen LogP contribution in [0.4, 0.5) is 0 Å². The van der Waals surface area contributed by atoms with E-state index in [9.17, 15) is 9.59 Å². The van der Waals surface area contributed by atoms with E-state index in [1.54, 1.807) is 6.92 Å². The minimum absolute atomic E-state index is 0.0752. The molecule has 0 radical (unpaired) electrons. The molecule has 1 N–H and O–H groups in total. The number of nitrogens with one attached hydrogen (secondary N) is 1. The van der Waals surface area contributed by atoms with Gasteiger partial charge in [0.15, 0.2) is 0 Å². The number of benzene rings is 1. The molecule has 0 bridgehead atoms. The largest absolute Gasteiger partial charge is 0.466 e. The van der Waals surface area contributed by atoms with Crippen molar-refractivity contribution in [1.29, 1.82) is 0 Å². The topological polar surface area (TPSA) is 55.4 Å². The highest BCUT2D eigenvalue weighted by Crippen LogP contribution is 2.02. The van der Waals surface area contributed by atoms with Crippen LogP contribution in [0.3, 0.4) is 0 Å². The molecule has 0 aliphatic heterocycles. The third-order valence-corrected chi connectivity index (χ3v) is 3.73. The Morgan fingerprint density at radius 3 is 2.43 bits per heavy atom. The van der Waals surface area contributed by atoms with E-state index in [0.29, 0.717) is 6.61 Å². The molecule has 0 unspecified atom stereocenters. The summed E-state index contributed by atoms with van der Waals surface area (Å²) in [5.74, 6) is 2.56. The maximum atomic E-state index is 12.2. The van der Waals surface area contributed by atoms with Crippen molar-refractivity contribution in [1.82, 2.24) is 5.32 Å². The van der Waals surface area contributed by atoms with Gasteiger partial charge in [-0.25, -0.2) is 0 Å². The van der Waals surface area contributed by atoms with Crippen molar-refractivity contribution in [3.63, 3.8) is 0 Å². The van der Waals surface area contributed by atoms with Crippen LogP contribution in [0, 0.1) is 11.5 Å². The Balaban J connectivity index is 2.72. The van der Waals surface area contributed by atoms with E-state index in [2.05, 4.69) is 36.4 Å². The molecule has 5 heteroatoms. The second-order valence-electron chi connectivity index (χ2n) is 6.31. The molecule has 1 atom stereocenters. The Kier molecular flexibility index (Phi) is 7.56. The van der Waals surface area contributed by atoms with Crippen LogP contribution in [0.2, 0.25) is 19.6 Å². The third-order valence-electron chi connectivity index (χ3n) is 2.84. The van der Waals surface area contributed by atoms with Crippen molar-refractivity contribution in [2.45, 2.75) is 45.4 Å². The summed E-state index contributed by atoms with van der Waals surface area (Å²) < 4.78 is 4.96. The van der Waals surface area contributed by atoms with Gasteiger partial charge in [-0.15, -0.1) is 5.54 Å². The second kappa shape index (κ2) is 9.16. The van der Waals surface area contributed by atoms with E-state index in [-0.39, 0.29) is 24.7 Å². The lowest BCUT2D eigenvalue weighted by molar-refractivity contribution is -0.143. The number of esters is 1. The highest BCUT2D eigenvalue weighted by atomic mass is 28.3. The zero-order valence-electron chi connectivity index (χ0n) is 14.3. The van der Waals surface area contributed by atoms with E-state index < -0.39 is 14.1 Å². The van der Waals surface area contributed by atoms with E-state index in [0.717, 1.165) is 5.56 Å². The normalized spacial score (nSPS) is 11.8. The van der Waals surface area contributed by atoms with Crippen molar-refractivity contribution in [3.05, 3.63) is 35.9 Å². The van der Waals surface area contributed by atoms with Crippen LogP contribution in [-0.4, -0.2) is 32.6 Å². The van der Waals surface area contributed by atoms with Gasteiger partial charge in [-0.2, -0.15) is 0 Å². The van der Waals surface area contributed by atoms with Gasteiger partial charge < -0.3 is 10.1 Å². The minimum atomic E-state index is -1.58. The van der Waals surface area contributed by atoms with E-state index in [1.807, 2.05) is 30.3 Å². The summed E-state index contributed by atoms with van der Waals surface area (Å²) in [7, 11) is -1.58. The molecule has 0 spiro atoms. The van der Waals surface area contributed by atoms with Crippen molar-refractivity contribution in [2.24, 2.45) is 0 Å². The van der Waals surface area contributed by atoms with Gasteiger partial charge in [0.2, 0.25) is 5.91 Å². The van der Waals surface area contributed by atoms with E-state index >= 15 is 0 Å². The van der Waals surface area contributed by atoms with E-state index in [1.165, 1.54) is 0 Å². The summed E-state index contributed by atoms with van der Waals surface area (Å²) in [4.78, 5) is 23.9. The van der Waals surface area contributed by atoms with Gasteiger partial charge in [-0.3, -0.25) is 9.59 Å². The number of rotatable bonds is 6. The predicted molar refractivity (Wildman–Crippen MR) is 94.4 cm³/mol. The predicted octanol–water partition coefficient (Wildman–Crippen LogP) is 2.55. The molecule has 0 aliphatic carbocycles. The van der Waals surface area contributed by atoms with Crippen LogP contribution in [0.1, 0.15) is 18.9 Å². The molecule has 1 rings (SSSR count). The van der Waals surface area contributed by atoms with Crippen LogP contribution in [0.15, 0.2) is 30.3 Å². The summed E-state index contributed by atoms with van der Waals surface area (Å²) >= 11 is 0. The monoisotopic (exact) mass is 331 g/mol. The zero-order chi connectivity index (χ0) is 17.3. The van der Waals surface area contributed by atoms with Gasteiger partial charge in [0.1, 0.15) is 14.1 Å². The Morgan fingerprint density at radius 2 is 1.87 bits per heavy atom. The molecule has 1 aromatic carbocycles. The van der Waals surface area contributed by atoms with Crippen molar-refractivity contribution in [3.8, 4) is 11.5 Å². The molecule has 0 aliphatic rings. The Morgan fingerprint density at radius 1 is 1.22 bits per heavy atom. The zero-order valence-corrected chi connectivity index (χ0v) is 15.3. The summed E-state index contributed by atoms with van der Waals surface area (Å²) in [5.41, 5.74) is 4.13. The number of ether oxygens (including phenoxy) is 1. The van der Waals surface area contributed by atoms with Gasteiger partial charge in [-0.05, 0) is 12.5 Å². The molecule has 23 heavy (non-hydrogen) atoms. The fourth-order valence-electron chi connectivity index (χ4n) is 1.85. The summed E-state index contributed by atoms with van der Waals surface area (Å²) in [5, 5.41) is 2.84. The first-order valence-electron chi connectivity index (χ1n) is 7.82. The highest BCUT2D eigenvalue weighted by molar-refractivity contribution is 6.83. The molecule has 0 heterocycles. The lowest BCUT2D eigenvalue weighted by atomic mass is 10.1. The second-order valence-corrected chi connectivity index (χ2v) is 11.1. The molecule has 1 amide bonds. The van der Waals surface area contributed by atoms with Crippen molar-refractivity contribution < 1.29 is 14.3 Å². The van der Waals surface area contributed by atoms with Gasteiger partial charge in [0, 0.05) is 0 Å². The fourth-order valence-corrected chi connectivity index (χ4v) is 2.46. The molecular formula is C18H25NO3Si. The molecule has 1 aromatic rings. The Bertz CT molecular complexity index is 582. The standard InChI is InChI=1S/C18H25NO3Si/c1-5-22-18(21)14-16(11-12-23(2,3)4)19-17(20)13-15-9-7-6-8-10-15/h6-10,16H,5,13-14H2,1-4H3,(H,19,20)/t16-/m1/s1. The van der Waals surface area contributed by atoms with Crippen LogP contribution < -0.4 is 5.32 Å². The fraction of sp³-hybridized carbons (Fsp3) is 0.444. The van der Waals surface area contributed by atoms with Crippen molar-refractivity contribution >= 4 is 20.0 Å². The third kappa shape index (κ3) is 8.84. The quantitative estimate of drug-likeness (QED) is 0.495. The number of hydrogen-bond donors (Lipinski definition) is 1. The SMILES string of the molecule is CCOC(=O)C[C@@H](C#C[Si](C)(C)C)NC(=O)Cc1ccccc1. The lowest BCUT2D eigenvalue weighted by Gasteiger charge is -2.14. The molecule has 124 valence electrons. The molecule has 0 aromatic heterocycles. The average Bonchev–Trinajstić information content (AvgIpc) is 2.45. The number of carbonyl (C=O) groups is 2. The number of amides is 1. The minimum Gasteiger partial charge on any atom is -0.466 e. The smallest absolute Gasteiger partial charge is 0.308 e. The first kappa shape index (κ1) is 19.0. The van der Waals surface area contributed by atoms with Gasteiger partial charge in [0.25, 0.3) is 0 Å². The van der Waals surface area contributed by atoms with Crippen molar-refractivity contribution in [2.75, 3.05) is 6.61 Å². The molecule has 0 saturated carbocycles. The number of hydrogen-bond acceptors (Lipinski definition) is 3. The highest BCUT2D eigenvalue weighted by Gasteiger charge is 2.17.